The van der Waals surface area contributed by atoms with Crippen molar-refractivity contribution in [3.63, 3.8) is 0 Å². The van der Waals surface area contributed by atoms with E-state index in [9.17, 15) is 19.5 Å². The monoisotopic (exact) mass is 772 g/mol. The van der Waals surface area contributed by atoms with E-state index < -0.39 is 18.1 Å². The molecule has 0 bridgehead atoms. The number of rotatable bonds is 38. The van der Waals surface area contributed by atoms with E-state index in [-0.39, 0.29) is 55.5 Å². The lowest BCUT2D eigenvalue weighted by Gasteiger charge is -2.34. The van der Waals surface area contributed by atoms with Crippen molar-refractivity contribution < 1.29 is 38.2 Å². The van der Waals surface area contributed by atoms with Crippen molar-refractivity contribution in [3.8, 4) is 0 Å². The Kier molecular flexibility index (Phi) is 35.9. The fraction of sp³-hybridized carbons (Fsp3) is 0.723. The number of carbonyl (C=O) groups is 3. The molecule has 8 heteroatoms. The second-order valence-corrected chi connectivity index (χ2v) is 15.6. The number of hydrogen-bond donors (Lipinski definition) is 0. The summed E-state index contributed by atoms with van der Waals surface area (Å²) in [5.74, 6) is -1.85. The number of esters is 2. The summed E-state index contributed by atoms with van der Waals surface area (Å²) < 4.78 is 17.1. The molecule has 8 nitrogen and oxygen atoms in total. The Hall–Kier alpha value is -2.97. The van der Waals surface area contributed by atoms with Crippen LogP contribution in [0.2, 0.25) is 0 Å². The lowest BCUT2D eigenvalue weighted by atomic mass is 10.1. The maximum Gasteiger partial charge on any atom is 0.306 e. The van der Waals surface area contributed by atoms with Gasteiger partial charge in [-0.15, -0.1) is 0 Å². The van der Waals surface area contributed by atoms with Crippen molar-refractivity contribution in [1.82, 2.24) is 0 Å². The van der Waals surface area contributed by atoms with Crippen LogP contribution < -0.4 is 5.11 Å². The van der Waals surface area contributed by atoms with Gasteiger partial charge in [-0.3, -0.25) is 9.59 Å². The first-order valence-corrected chi connectivity index (χ1v) is 21.8. The molecule has 0 aromatic carbocycles. The molecule has 0 amide bonds. The predicted octanol–water partition coefficient (Wildman–Crippen LogP) is 10.5. The van der Waals surface area contributed by atoms with Crippen LogP contribution in [0.5, 0.6) is 0 Å². The molecule has 0 fully saturated rings. The fourth-order valence-corrected chi connectivity index (χ4v) is 6.01. The number of carbonyl (C=O) groups excluding carboxylic acids is 3. The minimum absolute atomic E-state index is 0.0129. The largest absolute Gasteiger partial charge is 0.544 e. The van der Waals surface area contributed by atoms with Crippen LogP contribution in [0.25, 0.3) is 0 Å². The van der Waals surface area contributed by atoms with E-state index in [0.29, 0.717) is 6.42 Å². The lowest BCUT2D eigenvalue weighted by molar-refractivity contribution is -0.889. The van der Waals surface area contributed by atoms with Crippen LogP contribution in [-0.2, 0) is 28.6 Å². The smallest absolute Gasteiger partial charge is 0.306 e. The second-order valence-electron chi connectivity index (χ2n) is 15.6. The number of carboxylic acids is 1. The normalized spacial score (nSPS) is 13.5. The summed E-state index contributed by atoms with van der Waals surface area (Å²) in [7, 11) is 5.38. The molecule has 0 spiro atoms. The number of aliphatic carboxylic acids is 1. The zero-order chi connectivity index (χ0) is 40.7. The van der Waals surface area contributed by atoms with Crippen molar-refractivity contribution in [2.24, 2.45) is 0 Å². The number of quaternary nitrogens is 1. The molecule has 2 atom stereocenters. The maximum atomic E-state index is 12.7. The zero-order valence-electron chi connectivity index (χ0n) is 35.8. The van der Waals surface area contributed by atoms with Gasteiger partial charge in [0.2, 0.25) is 0 Å². The summed E-state index contributed by atoms with van der Waals surface area (Å²) in [4.78, 5) is 36.8. The summed E-state index contributed by atoms with van der Waals surface area (Å²) in [6.45, 7) is 4.54. The van der Waals surface area contributed by atoms with Crippen LogP contribution in [0.3, 0.4) is 0 Å². The number of carboxylic acid groups (broad SMARTS) is 1. The van der Waals surface area contributed by atoms with E-state index in [1.54, 1.807) is 21.1 Å². The van der Waals surface area contributed by atoms with Gasteiger partial charge in [0.05, 0.1) is 40.3 Å². The van der Waals surface area contributed by atoms with Crippen LogP contribution >= 0.6 is 0 Å². The Bertz CT molecular complexity index is 1090. The van der Waals surface area contributed by atoms with Gasteiger partial charge in [-0.05, 0) is 57.8 Å². The van der Waals surface area contributed by atoms with Crippen LogP contribution in [0, 0.1) is 0 Å². The number of nitrogens with zero attached hydrogens (tertiary/aromatic N) is 1. The molecular formula is C47H81NO7. The Morgan fingerprint density at radius 3 is 1.62 bits per heavy atom. The van der Waals surface area contributed by atoms with E-state index in [1.165, 1.54) is 70.6 Å². The highest BCUT2D eigenvalue weighted by molar-refractivity contribution is 5.70. The number of likely N-dealkylation sites (N-methyl/N-ethyl adjacent to an activating group) is 1. The van der Waals surface area contributed by atoms with Gasteiger partial charge in [0.25, 0.3) is 0 Å². The molecule has 0 aromatic rings. The predicted molar refractivity (Wildman–Crippen MR) is 226 cm³/mol. The Morgan fingerprint density at radius 2 is 1.07 bits per heavy atom. The highest BCUT2D eigenvalue weighted by Crippen LogP contribution is 2.12. The van der Waals surface area contributed by atoms with Crippen LogP contribution in [-0.4, -0.2) is 75.5 Å². The molecule has 0 aliphatic heterocycles. The number of ether oxygens (including phenoxy) is 3. The Balaban J connectivity index is 4.48. The SMILES string of the molecule is CCCCCCC/C=C/C=C/C=C/CCCCCCCC(=O)OC(COCCC(C(=O)[O-])[N+](C)(C)C)COC(=O)CC/C=C/C/C=C/CCCCCCCC. The van der Waals surface area contributed by atoms with E-state index in [1.807, 2.05) is 6.08 Å². The molecule has 0 radical (unpaired) electrons. The van der Waals surface area contributed by atoms with E-state index >= 15 is 0 Å². The van der Waals surface area contributed by atoms with Gasteiger partial charge in [0.15, 0.2) is 6.10 Å². The summed E-state index contributed by atoms with van der Waals surface area (Å²) in [6.07, 6.45) is 45.4. The summed E-state index contributed by atoms with van der Waals surface area (Å²) in [5, 5.41) is 11.6. The summed E-state index contributed by atoms with van der Waals surface area (Å²) in [6, 6.07) is -0.738. The lowest BCUT2D eigenvalue weighted by Crippen LogP contribution is -2.55. The van der Waals surface area contributed by atoms with Gasteiger partial charge in [-0.25, -0.2) is 0 Å². The second kappa shape index (κ2) is 37.9. The topological polar surface area (TPSA) is 102 Å². The van der Waals surface area contributed by atoms with Gasteiger partial charge in [-0.2, -0.15) is 0 Å². The van der Waals surface area contributed by atoms with Gasteiger partial charge in [0.1, 0.15) is 12.6 Å². The van der Waals surface area contributed by atoms with Crippen molar-refractivity contribution in [3.05, 3.63) is 60.8 Å². The molecule has 55 heavy (non-hydrogen) atoms. The summed E-state index contributed by atoms with van der Waals surface area (Å²) in [5.41, 5.74) is 0. The first kappa shape index (κ1) is 52.0. The maximum absolute atomic E-state index is 12.7. The zero-order valence-corrected chi connectivity index (χ0v) is 35.8. The standard InChI is InChI=1S/C47H81NO7/c1-6-8-10-12-14-16-18-20-21-22-23-24-26-28-30-32-34-36-38-46(50)55-43(41-53-40-39-44(47(51)52)48(3,4)5)42-54-45(49)37-35-33-31-29-27-25-19-17-15-13-11-9-7-2/h18,20-25,27,31,33,43-44H,6-17,19,26,28-30,32,34-42H2,1-5H3/b20-18+,22-21+,24-23+,27-25+,33-31+. The average molecular weight is 772 g/mol. The highest BCUT2D eigenvalue weighted by Gasteiger charge is 2.25. The molecule has 0 saturated heterocycles. The van der Waals surface area contributed by atoms with Gasteiger partial charge < -0.3 is 28.6 Å². The molecule has 0 aliphatic rings. The number of allylic oxidation sites excluding steroid dienone is 10. The number of hydrogen-bond acceptors (Lipinski definition) is 7. The third-order valence-corrected chi connectivity index (χ3v) is 9.45. The van der Waals surface area contributed by atoms with Crippen LogP contribution in [0.1, 0.15) is 168 Å². The molecule has 2 unspecified atom stereocenters. The molecule has 0 aliphatic carbocycles. The molecule has 0 saturated carbocycles. The Labute approximate surface area is 337 Å². The summed E-state index contributed by atoms with van der Waals surface area (Å²) >= 11 is 0. The van der Waals surface area contributed by atoms with Crippen LogP contribution in [0.4, 0.5) is 0 Å². The highest BCUT2D eigenvalue weighted by atomic mass is 16.6. The van der Waals surface area contributed by atoms with E-state index in [4.69, 9.17) is 14.2 Å². The fourth-order valence-electron chi connectivity index (χ4n) is 6.01. The first-order chi connectivity index (χ1) is 26.6. The molecule has 0 aromatic heterocycles. The molecule has 0 N–H and O–H groups in total. The average Bonchev–Trinajstić information content (AvgIpc) is 3.14. The van der Waals surface area contributed by atoms with E-state index in [2.05, 4.69) is 68.5 Å². The molecular weight excluding hydrogens is 691 g/mol. The third kappa shape index (κ3) is 36.4. The number of unbranched alkanes of at least 4 members (excludes halogenated alkanes) is 16. The quantitative estimate of drug-likeness (QED) is 0.0202. The van der Waals surface area contributed by atoms with Crippen molar-refractivity contribution in [2.75, 3.05) is 41.0 Å². The van der Waals surface area contributed by atoms with Crippen molar-refractivity contribution >= 4 is 17.9 Å². The molecule has 316 valence electrons. The first-order valence-electron chi connectivity index (χ1n) is 21.8. The van der Waals surface area contributed by atoms with Gasteiger partial charge in [-0.1, -0.05) is 152 Å². The minimum Gasteiger partial charge on any atom is -0.544 e. The van der Waals surface area contributed by atoms with E-state index in [0.717, 1.165) is 57.8 Å². The molecule has 0 heterocycles. The minimum atomic E-state index is -1.14. The molecule has 0 rings (SSSR count). The van der Waals surface area contributed by atoms with Crippen LogP contribution in [0.15, 0.2) is 60.8 Å². The third-order valence-electron chi connectivity index (χ3n) is 9.45. The van der Waals surface area contributed by atoms with Crippen molar-refractivity contribution in [2.45, 2.75) is 180 Å². The van der Waals surface area contributed by atoms with Gasteiger partial charge >= 0.3 is 11.9 Å². The Morgan fingerprint density at radius 1 is 0.564 bits per heavy atom. The van der Waals surface area contributed by atoms with Crippen molar-refractivity contribution in [1.29, 1.82) is 0 Å². The van der Waals surface area contributed by atoms with Gasteiger partial charge in [0, 0.05) is 19.3 Å².